The maximum atomic E-state index is 2.45. The van der Waals surface area contributed by atoms with Gasteiger partial charge in [-0.1, -0.05) is 66.7 Å². The van der Waals surface area contributed by atoms with Crippen LogP contribution in [0.15, 0.2) is 127 Å². The van der Waals surface area contributed by atoms with E-state index in [-0.39, 0.29) is 0 Å². The van der Waals surface area contributed by atoms with E-state index in [2.05, 4.69) is 154 Å². The Kier molecular flexibility index (Phi) is 4.71. The van der Waals surface area contributed by atoms with Gasteiger partial charge in [0.05, 0.1) is 45.5 Å². The van der Waals surface area contributed by atoms with E-state index < -0.39 is 0 Å². The molecule has 0 spiro atoms. The fourth-order valence-corrected chi connectivity index (χ4v) is 5.54. The van der Waals surface area contributed by atoms with Crippen LogP contribution in [0.4, 0.5) is 51.2 Å². The lowest BCUT2D eigenvalue weighted by Gasteiger charge is -2.45. The van der Waals surface area contributed by atoms with Crippen molar-refractivity contribution in [3.63, 3.8) is 0 Å². The summed E-state index contributed by atoms with van der Waals surface area (Å²) in [5.41, 5.74) is 10.7. The molecule has 5 aromatic rings. The highest BCUT2D eigenvalue weighted by Crippen LogP contribution is 2.53. The summed E-state index contributed by atoms with van der Waals surface area (Å²) in [7, 11) is 2.15. The third-order valence-corrected chi connectivity index (χ3v) is 7.19. The molecule has 0 unspecified atom stereocenters. The molecule has 0 aromatic heterocycles. The first-order chi connectivity index (χ1) is 17.8. The van der Waals surface area contributed by atoms with E-state index in [1.807, 2.05) is 0 Å². The molecule has 0 aliphatic carbocycles. The number of hydrogen-bond acceptors (Lipinski definition) is 4. The van der Waals surface area contributed by atoms with Gasteiger partial charge in [0.15, 0.2) is 0 Å². The summed E-state index contributed by atoms with van der Waals surface area (Å²) in [6.45, 7) is 0.693. The van der Waals surface area contributed by atoms with Gasteiger partial charge < -0.3 is 19.6 Å². The third kappa shape index (κ3) is 3.08. The Morgan fingerprint density at radius 2 is 0.722 bits per heavy atom. The topological polar surface area (TPSA) is 13.0 Å². The van der Waals surface area contributed by atoms with Crippen LogP contribution in [0, 0.1) is 0 Å². The molecule has 0 bridgehead atoms. The quantitative estimate of drug-likeness (QED) is 0.264. The van der Waals surface area contributed by atoms with Crippen LogP contribution < -0.4 is 19.6 Å². The maximum Gasteiger partial charge on any atom is 0.100 e. The molecule has 2 aliphatic rings. The molecule has 0 atom stereocenters. The minimum absolute atomic E-state index is 0.693. The Balaban J connectivity index is 1.41. The fourth-order valence-electron chi connectivity index (χ4n) is 5.54. The number of hydrogen-bond donors (Lipinski definition) is 0. The number of nitrogens with zero attached hydrogens (tertiary/aromatic N) is 4. The largest absolute Gasteiger partial charge is 0.341 e. The van der Waals surface area contributed by atoms with Gasteiger partial charge in [-0.3, -0.25) is 0 Å². The molecule has 0 fully saturated rings. The first kappa shape index (κ1) is 20.7. The van der Waals surface area contributed by atoms with Crippen molar-refractivity contribution in [1.82, 2.24) is 0 Å². The predicted molar refractivity (Wildman–Crippen MR) is 151 cm³/mol. The summed E-state index contributed by atoms with van der Waals surface area (Å²) in [4.78, 5) is 9.54. The molecule has 4 heteroatoms. The zero-order chi connectivity index (χ0) is 24.1. The summed E-state index contributed by atoms with van der Waals surface area (Å²) in [6, 6.07) is 45.4. The van der Waals surface area contributed by atoms with Crippen molar-refractivity contribution >= 4 is 51.2 Å². The third-order valence-electron chi connectivity index (χ3n) is 7.19. The molecule has 36 heavy (non-hydrogen) atoms. The van der Waals surface area contributed by atoms with E-state index in [1.165, 1.54) is 45.5 Å². The molecular formula is C32H26N4. The molecule has 0 saturated carbocycles. The van der Waals surface area contributed by atoms with Gasteiger partial charge in [-0.25, -0.2) is 0 Å². The van der Waals surface area contributed by atoms with Crippen LogP contribution in [0.2, 0.25) is 0 Å². The Labute approximate surface area is 211 Å². The lowest BCUT2D eigenvalue weighted by molar-refractivity contribution is 0.902. The number of fused-ring (bicyclic) bond motifs is 4. The number of benzene rings is 5. The summed E-state index contributed by atoms with van der Waals surface area (Å²) in [5.74, 6) is 0. The minimum atomic E-state index is 0.693. The monoisotopic (exact) mass is 466 g/mol. The first-order valence-corrected chi connectivity index (χ1v) is 12.3. The van der Waals surface area contributed by atoms with E-state index in [9.17, 15) is 0 Å². The van der Waals surface area contributed by atoms with Crippen molar-refractivity contribution in [2.75, 3.05) is 33.3 Å². The van der Waals surface area contributed by atoms with Crippen LogP contribution in [0.5, 0.6) is 0 Å². The maximum absolute atomic E-state index is 2.45. The van der Waals surface area contributed by atoms with Crippen LogP contribution in [0.3, 0.4) is 0 Å². The molecule has 4 nitrogen and oxygen atoms in total. The summed E-state index contributed by atoms with van der Waals surface area (Å²) in [5, 5.41) is 0. The van der Waals surface area contributed by atoms with Crippen molar-refractivity contribution in [3.05, 3.63) is 127 Å². The molecule has 0 saturated heterocycles. The van der Waals surface area contributed by atoms with Crippen molar-refractivity contribution in [3.8, 4) is 0 Å². The predicted octanol–water partition coefficient (Wildman–Crippen LogP) is 8.49. The second-order valence-corrected chi connectivity index (χ2v) is 9.18. The smallest absolute Gasteiger partial charge is 0.100 e. The number of rotatable bonds is 3. The highest BCUT2D eigenvalue weighted by molar-refractivity contribution is 5.99. The number of anilines is 9. The SMILES string of the molecule is CN1c2ccccc2N(CN2c3ccccc3N(c3ccccc3)c3ccccc32)c2ccccc21. The molecule has 2 aliphatic heterocycles. The number of para-hydroxylation sites is 9. The molecule has 5 aromatic carbocycles. The zero-order valence-corrected chi connectivity index (χ0v) is 20.1. The Morgan fingerprint density at radius 1 is 0.389 bits per heavy atom. The van der Waals surface area contributed by atoms with Gasteiger partial charge in [0.25, 0.3) is 0 Å². The van der Waals surface area contributed by atoms with Crippen molar-refractivity contribution < 1.29 is 0 Å². The lowest BCUT2D eigenvalue weighted by atomic mass is 10.1. The summed E-state index contributed by atoms with van der Waals surface area (Å²) < 4.78 is 0. The second-order valence-electron chi connectivity index (χ2n) is 9.18. The fraction of sp³-hybridized carbons (Fsp3) is 0.0625. The Hall–Kier alpha value is -4.70. The molecular weight excluding hydrogens is 440 g/mol. The highest BCUT2D eigenvalue weighted by atomic mass is 15.4. The van der Waals surface area contributed by atoms with Gasteiger partial charge in [0, 0.05) is 12.7 Å². The standard InChI is InChI=1S/C32H26N4/c1-33-25-15-5-7-17-27(25)34(28-18-8-6-16-26(28)33)23-35-29-19-9-11-21-31(29)36(24-13-3-2-4-14-24)32-22-12-10-20-30(32)35/h2-22H,23H2,1H3. The van der Waals surface area contributed by atoms with E-state index in [0.29, 0.717) is 6.67 Å². The lowest BCUT2D eigenvalue weighted by Crippen LogP contribution is -2.38. The van der Waals surface area contributed by atoms with Crippen molar-refractivity contribution in [1.29, 1.82) is 0 Å². The van der Waals surface area contributed by atoms with Gasteiger partial charge in [-0.15, -0.1) is 0 Å². The van der Waals surface area contributed by atoms with Gasteiger partial charge in [0.1, 0.15) is 6.67 Å². The van der Waals surface area contributed by atoms with Crippen LogP contribution in [0.1, 0.15) is 0 Å². The normalized spacial score (nSPS) is 13.6. The van der Waals surface area contributed by atoms with E-state index in [4.69, 9.17) is 0 Å². The molecule has 0 radical (unpaired) electrons. The van der Waals surface area contributed by atoms with Crippen LogP contribution >= 0.6 is 0 Å². The van der Waals surface area contributed by atoms with E-state index >= 15 is 0 Å². The van der Waals surface area contributed by atoms with Gasteiger partial charge >= 0.3 is 0 Å². The Bertz CT molecular complexity index is 1470. The van der Waals surface area contributed by atoms with Crippen molar-refractivity contribution in [2.45, 2.75) is 0 Å². The van der Waals surface area contributed by atoms with E-state index in [0.717, 1.165) is 5.69 Å². The van der Waals surface area contributed by atoms with Crippen LogP contribution in [-0.2, 0) is 0 Å². The molecule has 174 valence electrons. The average Bonchev–Trinajstić information content (AvgIpc) is 2.95. The summed E-state index contributed by atoms with van der Waals surface area (Å²) >= 11 is 0. The van der Waals surface area contributed by atoms with Crippen LogP contribution in [0.25, 0.3) is 0 Å². The van der Waals surface area contributed by atoms with E-state index in [1.54, 1.807) is 0 Å². The Morgan fingerprint density at radius 3 is 1.17 bits per heavy atom. The van der Waals surface area contributed by atoms with Gasteiger partial charge in [0.2, 0.25) is 0 Å². The summed E-state index contributed by atoms with van der Waals surface area (Å²) in [6.07, 6.45) is 0. The van der Waals surface area contributed by atoms with Gasteiger partial charge in [-0.2, -0.15) is 0 Å². The molecule has 0 N–H and O–H groups in total. The molecule has 2 heterocycles. The van der Waals surface area contributed by atoms with Crippen molar-refractivity contribution in [2.24, 2.45) is 0 Å². The molecule has 0 amide bonds. The second kappa shape index (κ2) is 8.21. The minimum Gasteiger partial charge on any atom is -0.341 e. The first-order valence-electron chi connectivity index (χ1n) is 12.3. The highest BCUT2D eigenvalue weighted by Gasteiger charge is 2.33. The molecule has 7 rings (SSSR count). The average molecular weight is 467 g/mol. The zero-order valence-electron chi connectivity index (χ0n) is 20.1. The van der Waals surface area contributed by atoms with Crippen LogP contribution in [-0.4, -0.2) is 13.7 Å². The van der Waals surface area contributed by atoms with Gasteiger partial charge in [-0.05, 0) is 60.7 Å².